The largest absolute Gasteiger partial charge is 0.586 e. The smallest absolute Gasteiger partial charge is 0.497 e. The van der Waals surface area contributed by atoms with Crippen molar-refractivity contribution in [1.82, 2.24) is 4.98 Å². The summed E-state index contributed by atoms with van der Waals surface area (Å²) in [6, 6.07) is 9.45. The maximum absolute atomic E-state index is 13.4. The highest BCUT2D eigenvalue weighted by molar-refractivity contribution is 7.18. The van der Waals surface area contributed by atoms with Crippen molar-refractivity contribution >= 4 is 39.7 Å². The predicted octanol–water partition coefficient (Wildman–Crippen LogP) is 3.30. The number of nitrogen functional groups attached to an aromatic ring is 1. The van der Waals surface area contributed by atoms with Crippen molar-refractivity contribution in [3.63, 3.8) is 0 Å². The van der Waals surface area contributed by atoms with Crippen LogP contribution in [-0.4, -0.2) is 36.1 Å². The minimum atomic E-state index is -3.80. The molecular weight excluding hydrogens is 458 g/mol. The molecule has 0 saturated carbocycles. The van der Waals surface area contributed by atoms with Crippen molar-refractivity contribution in [3.05, 3.63) is 52.9 Å². The lowest BCUT2D eigenvalue weighted by Crippen LogP contribution is -2.39. The van der Waals surface area contributed by atoms with Gasteiger partial charge in [0.05, 0.1) is 7.11 Å². The molecular formula is C21H18F2N4O5S. The highest BCUT2D eigenvalue weighted by Gasteiger charge is 2.44. The first-order valence-corrected chi connectivity index (χ1v) is 10.3. The molecule has 172 valence electrons. The van der Waals surface area contributed by atoms with Crippen LogP contribution in [0.1, 0.15) is 22.2 Å². The van der Waals surface area contributed by atoms with Crippen molar-refractivity contribution < 1.29 is 32.6 Å². The molecule has 1 aliphatic heterocycles. The Morgan fingerprint density at radius 2 is 1.82 bits per heavy atom. The zero-order chi connectivity index (χ0) is 23.9. The Morgan fingerprint density at radius 1 is 1.15 bits per heavy atom. The Bertz CT molecular complexity index is 1230. The van der Waals surface area contributed by atoms with E-state index in [1.165, 1.54) is 37.1 Å². The standard InChI is InChI=1S/C21H18F2N4O5S/c1-10(19(25)29)27(12-5-8-14-15(9-12)32-21(22,23)31-14)20-26-18(24)17(33-20)16(28)11-3-6-13(30-2)7-4-11/h3-10H,24H2,1-2H3,(H2,25,29). The molecule has 2 heterocycles. The number of hydrogen-bond donors (Lipinski definition) is 2. The van der Waals surface area contributed by atoms with Crippen molar-refractivity contribution in [1.29, 1.82) is 0 Å². The molecule has 4 N–H and O–H groups in total. The van der Waals surface area contributed by atoms with Gasteiger partial charge in [-0.2, -0.15) is 0 Å². The lowest BCUT2D eigenvalue weighted by Gasteiger charge is -2.26. The summed E-state index contributed by atoms with van der Waals surface area (Å²) < 4.78 is 40.9. The second kappa shape index (κ2) is 8.20. The van der Waals surface area contributed by atoms with E-state index in [1.807, 2.05) is 0 Å². The molecule has 4 rings (SSSR count). The van der Waals surface area contributed by atoms with Crippen molar-refractivity contribution in [2.45, 2.75) is 19.3 Å². The summed E-state index contributed by atoms with van der Waals surface area (Å²) >= 11 is 0.935. The molecule has 0 bridgehead atoms. The van der Waals surface area contributed by atoms with Crippen LogP contribution in [0.5, 0.6) is 17.2 Å². The van der Waals surface area contributed by atoms with Crippen LogP contribution in [0.3, 0.4) is 0 Å². The van der Waals surface area contributed by atoms with Gasteiger partial charge in [-0.1, -0.05) is 11.3 Å². The van der Waals surface area contributed by atoms with Crippen molar-refractivity contribution in [2.24, 2.45) is 5.73 Å². The number of ketones is 1. The molecule has 1 amide bonds. The number of primary amides is 1. The van der Waals surface area contributed by atoms with Crippen molar-refractivity contribution in [2.75, 3.05) is 17.7 Å². The fourth-order valence-corrected chi connectivity index (χ4v) is 4.22. The van der Waals surface area contributed by atoms with Crippen LogP contribution < -0.4 is 30.6 Å². The maximum Gasteiger partial charge on any atom is 0.586 e. The summed E-state index contributed by atoms with van der Waals surface area (Å²) in [5.74, 6) is -0.947. The third kappa shape index (κ3) is 4.24. The van der Waals surface area contributed by atoms with E-state index in [2.05, 4.69) is 14.5 Å². The van der Waals surface area contributed by atoms with Crippen LogP contribution in [0.4, 0.5) is 25.4 Å². The van der Waals surface area contributed by atoms with Gasteiger partial charge in [-0.15, -0.1) is 8.78 Å². The van der Waals surface area contributed by atoms with Crippen LogP contribution >= 0.6 is 11.3 Å². The number of carbonyl (C=O) groups is 2. The number of alkyl halides is 2. The van der Waals surface area contributed by atoms with Gasteiger partial charge in [-0.3, -0.25) is 9.59 Å². The summed E-state index contributed by atoms with van der Waals surface area (Å²) in [7, 11) is 1.51. The molecule has 1 aliphatic rings. The van der Waals surface area contributed by atoms with E-state index in [1.54, 1.807) is 24.3 Å². The van der Waals surface area contributed by atoms with E-state index in [-0.39, 0.29) is 38.8 Å². The summed E-state index contributed by atoms with van der Waals surface area (Å²) in [5.41, 5.74) is 12.1. The van der Waals surface area contributed by atoms with E-state index < -0.39 is 18.2 Å². The number of aromatic nitrogens is 1. The highest BCUT2D eigenvalue weighted by Crippen LogP contribution is 2.45. The Hall–Kier alpha value is -3.93. The van der Waals surface area contributed by atoms with E-state index in [0.717, 1.165) is 11.3 Å². The first-order chi connectivity index (χ1) is 15.6. The lowest BCUT2D eigenvalue weighted by atomic mass is 10.1. The number of amides is 1. The van der Waals surface area contributed by atoms with E-state index >= 15 is 0 Å². The molecule has 1 atom stereocenters. The molecule has 33 heavy (non-hydrogen) atoms. The fourth-order valence-electron chi connectivity index (χ4n) is 3.17. The van der Waals surface area contributed by atoms with Gasteiger partial charge in [0.25, 0.3) is 0 Å². The number of benzene rings is 2. The molecule has 0 fully saturated rings. The monoisotopic (exact) mass is 476 g/mol. The number of halogens is 2. The van der Waals surface area contributed by atoms with Crippen LogP contribution in [0, 0.1) is 0 Å². The summed E-state index contributed by atoms with van der Waals surface area (Å²) in [6.45, 7) is 1.50. The number of carbonyl (C=O) groups excluding carboxylic acids is 2. The molecule has 3 aromatic rings. The van der Waals surface area contributed by atoms with Crippen LogP contribution in [-0.2, 0) is 4.79 Å². The number of hydrogen-bond acceptors (Lipinski definition) is 9. The third-order valence-electron chi connectivity index (χ3n) is 4.87. The number of nitrogens with zero attached hydrogens (tertiary/aromatic N) is 2. The van der Waals surface area contributed by atoms with E-state index in [9.17, 15) is 18.4 Å². The van der Waals surface area contributed by atoms with Crippen LogP contribution in [0.2, 0.25) is 0 Å². The number of anilines is 3. The Balaban J connectivity index is 1.72. The molecule has 0 saturated heterocycles. The average molecular weight is 476 g/mol. The average Bonchev–Trinajstić information content (AvgIpc) is 3.30. The topological polar surface area (TPSA) is 130 Å². The van der Waals surface area contributed by atoms with Crippen molar-refractivity contribution in [3.8, 4) is 17.2 Å². The normalized spacial score (nSPS) is 14.5. The third-order valence-corrected chi connectivity index (χ3v) is 5.94. The number of ether oxygens (including phenoxy) is 3. The Morgan fingerprint density at radius 3 is 2.45 bits per heavy atom. The van der Waals surface area contributed by atoms with Crippen LogP contribution in [0.25, 0.3) is 0 Å². The Kier molecular flexibility index (Phi) is 5.54. The van der Waals surface area contributed by atoms with Gasteiger partial charge in [0.2, 0.25) is 11.7 Å². The summed E-state index contributed by atoms with van der Waals surface area (Å²) in [5, 5.41) is 0.168. The fraction of sp³-hybridized carbons (Fsp3) is 0.190. The molecule has 1 unspecified atom stereocenters. The number of fused-ring (bicyclic) bond motifs is 1. The van der Waals surface area contributed by atoms with Gasteiger partial charge in [0.15, 0.2) is 16.6 Å². The van der Waals surface area contributed by atoms with Gasteiger partial charge >= 0.3 is 6.29 Å². The molecule has 2 aromatic carbocycles. The second-order valence-corrected chi connectivity index (χ2v) is 7.99. The maximum atomic E-state index is 13.4. The predicted molar refractivity (Wildman–Crippen MR) is 116 cm³/mol. The minimum absolute atomic E-state index is 0.0511. The number of methoxy groups -OCH3 is 1. The van der Waals surface area contributed by atoms with Gasteiger partial charge in [0.1, 0.15) is 22.5 Å². The molecule has 0 aliphatic carbocycles. The molecule has 9 nitrogen and oxygen atoms in total. The summed E-state index contributed by atoms with van der Waals surface area (Å²) in [4.78, 5) is 30.8. The van der Waals surface area contributed by atoms with Crippen LogP contribution in [0.15, 0.2) is 42.5 Å². The SMILES string of the molecule is COc1ccc(C(=O)c2sc(N(c3ccc4c(c3)OC(F)(F)O4)C(C)C(N)=O)nc2N)cc1. The van der Waals surface area contributed by atoms with E-state index in [4.69, 9.17) is 16.2 Å². The zero-order valence-corrected chi connectivity index (χ0v) is 18.2. The molecule has 0 radical (unpaired) electrons. The zero-order valence-electron chi connectivity index (χ0n) is 17.4. The summed E-state index contributed by atoms with van der Waals surface area (Å²) in [6.07, 6.45) is -3.80. The molecule has 1 aromatic heterocycles. The van der Waals surface area contributed by atoms with Gasteiger partial charge in [-0.05, 0) is 43.3 Å². The molecule has 12 heteroatoms. The number of thiazole rings is 1. The number of nitrogens with two attached hydrogens (primary N) is 2. The number of rotatable bonds is 7. The molecule has 0 spiro atoms. The highest BCUT2D eigenvalue weighted by atomic mass is 32.1. The van der Waals surface area contributed by atoms with E-state index in [0.29, 0.717) is 11.3 Å². The minimum Gasteiger partial charge on any atom is -0.497 e. The quantitative estimate of drug-likeness (QED) is 0.497. The second-order valence-electron chi connectivity index (χ2n) is 7.02. The van der Waals surface area contributed by atoms with Gasteiger partial charge in [0, 0.05) is 17.3 Å². The van der Waals surface area contributed by atoms with Gasteiger partial charge < -0.3 is 30.6 Å². The Labute approximate surface area is 190 Å². The lowest BCUT2D eigenvalue weighted by molar-refractivity contribution is -0.286. The first-order valence-electron chi connectivity index (χ1n) is 9.53. The van der Waals surface area contributed by atoms with Gasteiger partial charge in [-0.25, -0.2) is 4.98 Å². The first kappa shape index (κ1) is 22.3.